The Bertz CT molecular complexity index is 721. The summed E-state index contributed by atoms with van der Waals surface area (Å²) in [6.07, 6.45) is 0.769. The summed E-state index contributed by atoms with van der Waals surface area (Å²) in [6, 6.07) is 10.1. The van der Waals surface area contributed by atoms with E-state index in [4.69, 9.17) is 14.2 Å². The molecular formula is C18H18O5. The molecule has 2 rings (SSSR count). The Morgan fingerprint density at radius 1 is 1.00 bits per heavy atom. The zero-order valence-corrected chi connectivity index (χ0v) is 13.3. The number of methoxy groups -OCH3 is 2. The van der Waals surface area contributed by atoms with Gasteiger partial charge in [0, 0.05) is 16.7 Å². The summed E-state index contributed by atoms with van der Waals surface area (Å²) in [4.78, 5) is 22.3. The van der Waals surface area contributed by atoms with Crippen molar-refractivity contribution in [2.75, 3.05) is 14.2 Å². The van der Waals surface area contributed by atoms with Crippen LogP contribution in [-0.4, -0.2) is 26.3 Å². The predicted octanol–water partition coefficient (Wildman–Crippen LogP) is 3.30. The van der Waals surface area contributed by atoms with Gasteiger partial charge in [-0.25, -0.2) is 0 Å². The molecule has 0 saturated heterocycles. The summed E-state index contributed by atoms with van der Waals surface area (Å²) in [7, 11) is 3.07. The number of ketones is 1. The number of hydrogen-bond acceptors (Lipinski definition) is 5. The lowest BCUT2D eigenvalue weighted by Gasteiger charge is -2.13. The maximum atomic E-state index is 11.4. The van der Waals surface area contributed by atoms with E-state index in [1.165, 1.54) is 14.0 Å². The Balaban J connectivity index is 2.23. The normalized spacial score (nSPS) is 10.0. The minimum absolute atomic E-state index is 0.0461. The monoisotopic (exact) mass is 314 g/mol. The third kappa shape index (κ3) is 3.88. The average Bonchev–Trinajstić information content (AvgIpc) is 2.59. The second-order valence-corrected chi connectivity index (χ2v) is 4.90. The van der Waals surface area contributed by atoms with Gasteiger partial charge in [0.25, 0.3) is 0 Å². The molecule has 5 nitrogen and oxygen atoms in total. The molecule has 0 fully saturated rings. The van der Waals surface area contributed by atoms with Crippen LogP contribution in [0.4, 0.5) is 0 Å². The van der Waals surface area contributed by atoms with Gasteiger partial charge in [0.15, 0.2) is 17.3 Å². The largest absolute Gasteiger partial charge is 0.496 e. The molecule has 2 aromatic rings. The molecule has 0 aliphatic rings. The van der Waals surface area contributed by atoms with Gasteiger partial charge in [-0.3, -0.25) is 9.59 Å². The molecule has 0 unspecified atom stereocenters. The van der Waals surface area contributed by atoms with Gasteiger partial charge in [0.1, 0.15) is 18.6 Å². The average molecular weight is 314 g/mol. The van der Waals surface area contributed by atoms with Crippen LogP contribution in [0.25, 0.3) is 0 Å². The van der Waals surface area contributed by atoms with E-state index in [1.807, 2.05) is 0 Å². The van der Waals surface area contributed by atoms with Gasteiger partial charge < -0.3 is 14.2 Å². The number of ether oxygens (including phenoxy) is 3. The molecule has 0 atom stereocenters. The second-order valence-electron chi connectivity index (χ2n) is 4.90. The number of hydrogen-bond donors (Lipinski definition) is 0. The van der Waals surface area contributed by atoms with Crippen molar-refractivity contribution < 1.29 is 23.8 Å². The maximum Gasteiger partial charge on any atom is 0.161 e. The number of rotatable bonds is 7. The van der Waals surface area contributed by atoms with E-state index in [0.717, 1.165) is 11.8 Å². The van der Waals surface area contributed by atoms with E-state index < -0.39 is 0 Å². The van der Waals surface area contributed by atoms with E-state index in [2.05, 4.69) is 0 Å². The highest BCUT2D eigenvalue weighted by molar-refractivity contribution is 5.94. The Morgan fingerprint density at radius 3 is 2.30 bits per heavy atom. The summed E-state index contributed by atoms with van der Waals surface area (Å²) in [6.45, 7) is 1.70. The molecule has 2 aromatic carbocycles. The van der Waals surface area contributed by atoms with Crippen molar-refractivity contribution in [3.63, 3.8) is 0 Å². The molecule has 0 bridgehead atoms. The smallest absolute Gasteiger partial charge is 0.161 e. The van der Waals surface area contributed by atoms with Gasteiger partial charge >= 0.3 is 0 Å². The van der Waals surface area contributed by atoms with Gasteiger partial charge in [-0.2, -0.15) is 0 Å². The van der Waals surface area contributed by atoms with Gasteiger partial charge in [-0.15, -0.1) is 0 Å². The second kappa shape index (κ2) is 7.45. The minimum atomic E-state index is -0.0461. The van der Waals surface area contributed by atoms with E-state index in [1.54, 1.807) is 43.5 Å². The van der Waals surface area contributed by atoms with Crippen LogP contribution < -0.4 is 14.2 Å². The van der Waals surface area contributed by atoms with Crippen molar-refractivity contribution in [3.05, 3.63) is 53.1 Å². The van der Waals surface area contributed by atoms with Crippen molar-refractivity contribution in [2.45, 2.75) is 13.5 Å². The van der Waals surface area contributed by atoms with Gasteiger partial charge in [0.05, 0.1) is 14.2 Å². The van der Waals surface area contributed by atoms with Crippen LogP contribution in [0.2, 0.25) is 0 Å². The van der Waals surface area contributed by atoms with Crippen molar-refractivity contribution >= 4 is 12.1 Å². The van der Waals surface area contributed by atoms with Crippen LogP contribution in [-0.2, 0) is 6.61 Å². The van der Waals surface area contributed by atoms with Gasteiger partial charge in [-0.1, -0.05) is 0 Å². The molecule has 0 saturated carbocycles. The summed E-state index contributed by atoms with van der Waals surface area (Å²) >= 11 is 0. The SMILES string of the molecule is COc1ccc(C=O)cc1COc1ccc(C(C)=O)cc1OC. The van der Waals surface area contributed by atoms with Gasteiger partial charge in [-0.05, 0) is 43.3 Å². The lowest BCUT2D eigenvalue weighted by atomic mass is 10.1. The van der Waals surface area contributed by atoms with Crippen LogP contribution in [0.15, 0.2) is 36.4 Å². The molecule has 23 heavy (non-hydrogen) atoms. The Hall–Kier alpha value is -2.82. The summed E-state index contributed by atoms with van der Waals surface area (Å²) in [5.41, 5.74) is 1.84. The fraction of sp³-hybridized carbons (Fsp3) is 0.222. The third-order valence-electron chi connectivity index (χ3n) is 3.39. The summed E-state index contributed by atoms with van der Waals surface area (Å²) < 4.78 is 16.3. The number of carbonyl (C=O) groups is 2. The molecule has 120 valence electrons. The van der Waals surface area contributed by atoms with Crippen LogP contribution in [0.5, 0.6) is 17.2 Å². The molecule has 0 spiro atoms. The fourth-order valence-corrected chi connectivity index (χ4v) is 2.15. The minimum Gasteiger partial charge on any atom is -0.496 e. The topological polar surface area (TPSA) is 61.8 Å². The highest BCUT2D eigenvalue weighted by Gasteiger charge is 2.10. The highest BCUT2D eigenvalue weighted by Crippen LogP contribution is 2.30. The lowest BCUT2D eigenvalue weighted by Crippen LogP contribution is -2.02. The molecule has 5 heteroatoms. The first-order valence-corrected chi connectivity index (χ1v) is 7.03. The van der Waals surface area contributed by atoms with Crippen molar-refractivity contribution in [3.8, 4) is 17.2 Å². The van der Waals surface area contributed by atoms with Crippen molar-refractivity contribution in [2.24, 2.45) is 0 Å². The molecule has 0 N–H and O–H groups in total. The van der Waals surface area contributed by atoms with Crippen LogP contribution in [0.1, 0.15) is 33.2 Å². The first-order chi connectivity index (χ1) is 11.1. The third-order valence-corrected chi connectivity index (χ3v) is 3.39. The van der Waals surface area contributed by atoms with E-state index >= 15 is 0 Å². The molecule has 0 aromatic heterocycles. The zero-order valence-electron chi connectivity index (χ0n) is 13.3. The van der Waals surface area contributed by atoms with E-state index in [9.17, 15) is 9.59 Å². The van der Waals surface area contributed by atoms with Crippen molar-refractivity contribution in [1.82, 2.24) is 0 Å². The number of Topliss-reactive ketones (excluding diaryl/α,β-unsaturated/α-hetero) is 1. The van der Waals surface area contributed by atoms with Crippen LogP contribution in [0.3, 0.4) is 0 Å². The molecule has 0 radical (unpaired) electrons. The lowest BCUT2D eigenvalue weighted by molar-refractivity contribution is 0.101. The number of carbonyl (C=O) groups excluding carboxylic acids is 2. The first-order valence-electron chi connectivity index (χ1n) is 7.03. The zero-order chi connectivity index (χ0) is 16.8. The summed E-state index contributed by atoms with van der Waals surface area (Å²) in [5.74, 6) is 1.57. The quantitative estimate of drug-likeness (QED) is 0.579. The van der Waals surface area contributed by atoms with Crippen molar-refractivity contribution in [1.29, 1.82) is 0 Å². The molecule has 0 aliphatic carbocycles. The summed E-state index contributed by atoms with van der Waals surface area (Å²) in [5, 5.41) is 0. The number of benzene rings is 2. The van der Waals surface area contributed by atoms with Gasteiger partial charge in [0.2, 0.25) is 0 Å². The number of aldehydes is 1. The molecule has 0 amide bonds. The fourth-order valence-electron chi connectivity index (χ4n) is 2.15. The molecule has 0 aliphatic heterocycles. The Labute approximate surface area is 134 Å². The molecule has 0 heterocycles. The maximum absolute atomic E-state index is 11.4. The Morgan fingerprint density at radius 2 is 1.70 bits per heavy atom. The molecular weight excluding hydrogens is 296 g/mol. The first kappa shape index (κ1) is 16.5. The predicted molar refractivity (Wildman–Crippen MR) is 85.7 cm³/mol. The van der Waals surface area contributed by atoms with Crippen LogP contribution in [0, 0.1) is 0 Å². The standard InChI is InChI=1S/C18H18O5/c1-12(20)14-5-7-17(18(9-14)22-3)23-11-15-8-13(10-19)4-6-16(15)21-2/h4-10H,11H2,1-3H3. The van der Waals surface area contributed by atoms with E-state index in [0.29, 0.717) is 28.4 Å². The highest BCUT2D eigenvalue weighted by atomic mass is 16.5. The van der Waals surface area contributed by atoms with E-state index in [-0.39, 0.29) is 12.4 Å². The van der Waals surface area contributed by atoms with Crippen LogP contribution >= 0.6 is 0 Å². The Kier molecular flexibility index (Phi) is 5.36.